The summed E-state index contributed by atoms with van der Waals surface area (Å²) < 4.78 is 5.44. The fourth-order valence-electron chi connectivity index (χ4n) is 2.69. The molecule has 1 aromatic heterocycles. The van der Waals surface area contributed by atoms with Crippen LogP contribution in [-0.2, 0) is 0 Å². The van der Waals surface area contributed by atoms with Crippen LogP contribution in [0.25, 0.3) is 11.1 Å². The van der Waals surface area contributed by atoms with Crippen LogP contribution < -0.4 is 10.3 Å². The molecule has 0 bridgehead atoms. The monoisotopic (exact) mass is 344 g/mol. The predicted molar refractivity (Wildman–Crippen MR) is 98.1 cm³/mol. The Kier molecular flexibility index (Phi) is 4.68. The molecule has 0 fully saturated rings. The van der Waals surface area contributed by atoms with Gasteiger partial charge >= 0.3 is 5.97 Å². The van der Waals surface area contributed by atoms with Gasteiger partial charge in [-0.15, -0.1) is 0 Å². The molecule has 0 saturated heterocycles. The maximum absolute atomic E-state index is 12.3. The highest BCUT2D eigenvalue weighted by Crippen LogP contribution is 2.26. The van der Waals surface area contributed by atoms with Gasteiger partial charge in [0.25, 0.3) is 5.56 Å². The van der Waals surface area contributed by atoms with E-state index in [4.69, 9.17) is 4.74 Å². The van der Waals surface area contributed by atoms with E-state index in [0.29, 0.717) is 28.1 Å². The molecule has 3 rings (SSSR count). The zero-order chi connectivity index (χ0) is 18.7. The third-order valence-corrected chi connectivity index (χ3v) is 3.89. The molecule has 1 heterocycles. The molecular formula is C21H16N2O3. The predicted octanol–water partition coefficient (Wildman–Crippen LogP) is 3.75. The van der Waals surface area contributed by atoms with Crippen LogP contribution in [0.1, 0.15) is 27.2 Å². The maximum Gasteiger partial charge on any atom is 0.343 e. The highest BCUT2D eigenvalue weighted by Gasteiger charge is 2.13. The number of nitrogens with one attached hydrogen (secondary N) is 1. The molecule has 128 valence electrons. The van der Waals surface area contributed by atoms with Crippen molar-refractivity contribution in [1.82, 2.24) is 4.98 Å². The van der Waals surface area contributed by atoms with Crippen molar-refractivity contribution in [3.63, 3.8) is 0 Å². The number of benzene rings is 2. The van der Waals surface area contributed by atoms with Gasteiger partial charge in [0.05, 0.1) is 5.56 Å². The van der Waals surface area contributed by atoms with E-state index in [1.807, 2.05) is 19.1 Å². The molecule has 0 saturated carbocycles. The zero-order valence-corrected chi connectivity index (χ0v) is 14.4. The number of ether oxygens (including phenoxy) is 1. The molecule has 3 aromatic rings. The first-order valence-corrected chi connectivity index (χ1v) is 8.01. The molecule has 5 nitrogen and oxygen atoms in total. The van der Waals surface area contributed by atoms with Crippen LogP contribution in [0.4, 0.5) is 0 Å². The molecule has 26 heavy (non-hydrogen) atoms. The van der Waals surface area contributed by atoms with Crippen molar-refractivity contribution < 1.29 is 9.53 Å². The van der Waals surface area contributed by atoms with E-state index in [0.717, 1.165) is 5.56 Å². The third-order valence-electron chi connectivity index (χ3n) is 3.89. The first-order valence-electron chi connectivity index (χ1n) is 8.01. The Morgan fingerprint density at radius 2 is 1.85 bits per heavy atom. The summed E-state index contributed by atoms with van der Waals surface area (Å²) in [4.78, 5) is 26.9. The van der Waals surface area contributed by atoms with Gasteiger partial charge in [0.15, 0.2) is 0 Å². The fraction of sp³-hybridized carbons (Fsp3) is 0.0952. The van der Waals surface area contributed by atoms with Gasteiger partial charge in [-0.05, 0) is 49.7 Å². The number of nitrogens with zero attached hydrogens (tertiary/aromatic N) is 1. The Morgan fingerprint density at radius 1 is 1.08 bits per heavy atom. The molecular weight excluding hydrogens is 328 g/mol. The minimum atomic E-state index is -0.464. The number of carbonyl (C=O) groups excluding carboxylic acids is 1. The smallest absolute Gasteiger partial charge is 0.343 e. The van der Waals surface area contributed by atoms with Gasteiger partial charge in [0.2, 0.25) is 0 Å². The summed E-state index contributed by atoms with van der Waals surface area (Å²) in [5.74, 6) is -0.121. The zero-order valence-electron chi connectivity index (χ0n) is 14.4. The minimum absolute atomic E-state index is 0.0257. The average molecular weight is 344 g/mol. The van der Waals surface area contributed by atoms with E-state index >= 15 is 0 Å². The number of carbonyl (C=O) groups is 1. The van der Waals surface area contributed by atoms with E-state index < -0.39 is 11.5 Å². The van der Waals surface area contributed by atoms with Gasteiger partial charge < -0.3 is 9.72 Å². The van der Waals surface area contributed by atoms with E-state index in [-0.39, 0.29) is 5.56 Å². The number of hydrogen-bond acceptors (Lipinski definition) is 4. The quantitative estimate of drug-likeness (QED) is 0.579. The highest BCUT2D eigenvalue weighted by molar-refractivity contribution is 5.91. The number of hydrogen-bond donors (Lipinski definition) is 1. The van der Waals surface area contributed by atoms with Gasteiger partial charge in [-0.3, -0.25) is 4.79 Å². The summed E-state index contributed by atoms with van der Waals surface area (Å²) in [6.45, 7) is 3.64. The van der Waals surface area contributed by atoms with Crippen molar-refractivity contribution in [2.24, 2.45) is 0 Å². The Labute approximate surface area is 150 Å². The number of esters is 1. The number of aromatic nitrogens is 1. The van der Waals surface area contributed by atoms with Crippen molar-refractivity contribution >= 4 is 5.97 Å². The standard InChI is InChI=1S/C21H16N2O3/c1-13-5-3-7-16(9-13)21(25)26-17-8-4-6-15(11-17)18-10-14(2)23-20(24)19(18)12-22/h3-11H,1-2H3,(H,23,24). The summed E-state index contributed by atoms with van der Waals surface area (Å²) in [6.07, 6.45) is 0. The Hall–Kier alpha value is -3.65. The maximum atomic E-state index is 12.3. The average Bonchev–Trinajstić information content (AvgIpc) is 2.61. The SMILES string of the molecule is Cc1cccc(C(=O)Oc2cccc(-c3cc(C)[nH]c(=O)c3C#N)c2)c1. The lowest BCUT2D eigenvalue weighted by Crippen LogP contribution is -2.13. The lowest BCUT2D eigenvalue weighted by atomic mass is 10.0. The topological polar surface area (TPSA) is 83.0 Å². The summed E-state index contributed by atoms with van der Waals surface area (Å²) >= 11 is 0. The molecule has 0 unspecified atom stereocenters. The van der Waals surface area contributed by atoms with Crippen LogP contribution in [-0.4, -0.2) is 11.0 Å². The van der Waals surface area contributed by atoms with Crippen LogP contribution in [0.15, 0.2) is 59.4 Å². The summed E-state index contributed by atoms with van der Waals surface area (Å²) in [5, 5.41) is 9.29. The molecule has 1 N–H and O–H groups in total. The van der Waals surface area contributed by atoms with E-state index in [2.05, 4.69) is 4.98 Å². The molecule has 0 aliphatic rings. The van der Waals surface area contributed by atoms with Crippen molar-refractivity contribution in [2.45, 2.75) is 13.8 Å². The Balaban J connectivity index is 1.96. The van der Waals surface area contributed by atoms with Crippen LogP contribution in [0.3, 0.4) is 0 Å². The highest BCUT2D eigenvalue weighted by atomic mass is 16.5. The second kappa shape index (κ2) is 7.08. The third kappa shape index (κ3) is 3.55. The van der Waals surface area contributed by atoms with Crippen LogP contribution in [0.5, 0.6) is 5.75 Å². The van der Waals surface area contributed by atoms with Gasteiger partial charge in [0.1, 0.15) is 17.4 Å². The number of aromatic amines is 1. The van der Waals surface area contributed by atoms with Crippen LogP contribution >= 0.6 is 0 Å². The molecule has 0 atom stereocenters. The normalized spacial score (nSPS) is 10.2. The molecule has 5 heteroatoms. The Morgan fingerprint density at radius 3 is 2.58 bits per heavy atom. The van der Waals surface area contributed by atoms with E-state index in [1.54, 1.807) is 55.5 Å². The molecule has 0 radical (unpaired) electrons. The number of nitriles is 1. The van der Waals surface area contributed by atoms with Gasteiger partial charge in [-0.2, -0.15) is 5.26 Å². The fourth-order valence-corrected chi connectivity index (χ4v) is 2.69. The second-order valence-corrected chi connectivity index (χ2v) is 5.97. The van der Waals surface area contributed by atoms with Crippen molar-refractivity contribution in [2.75, 3.05) is 0 Å². The van der Waals surface area contributed by atoms with Crippen LogP contribution in [0, 0.1) is 25.2 Å². The molecule has 0 aliphatic heterocycles. The number of aryl methyl sites for hydroxylation is 2. The first kappa shape index (κ1) is 17.2. The molecule has 0 amide bonds. The minimum Gasteiger partial charge on any atom is -0.423 e. The molecule has 0 spiro atoms. The summed E-state index contributed by atoms with van der Waals surface area (Å²) in [5.41, 5.74) is 2.78. The largest absolute Gasteiger partial charge is 0.423 e. The van der Waals surface area contributed by atoms with Gasteiger partial charge in [-0.1, -0.05) is 29.8 Å². The van der Waals surface area contributed by atoms with E-state index in [9.17, 15) is 14.9 Å². The molecule has 0 aliphatic carbocycles. The van der Waals surface area contributed by atoms with Crippen molar-refractivity contribution in [1.29, 1.82) is 5.26 Å². The van der Waals surface area contributed by atoms with Crippen molar-refractivity contribution in [3.05, 3.63) is 87.3 Å². The number of H-pyrrole nitrogens is 1. The van der Waals surface area contributed by atoms with E-state index in [1.165, 1.54) is 0 Å². The lowest BCUT2D eigenvalue weighted by molar-refractivity contribution is 0.0735. The van der Waals surface area contributed by atoms with Gasteiger partial charge in [0, 0.05) is 11.3 Å². The molecule has 2 aromatic carbocycles. The Bertz CT molecular complexity index is 1090. The van der Waals surface area contributed by atoms with Gasteiger partial charge in [-0.25, -0.2) is 4.79 Å². The second-order valence-electron chi connectivity index (χ2n) is 5.97. The number of rotatable bonds is 3. The lowest BCUT2D eigenvalue weighted by Gasteiger charge is -2.09. The van der Waals surface area contributed by atoms with Crippen LogP contribution in [0.2, 0.25) is 0 Å². The first-order chi connectivity index (χ1) is 12.5. The summed E-state index contributed by atoms with van der Waals surface area (Å²) in [7, 11) is 0. The van der Waals surface area contributed by atoms with Crippen molar-refractivity contribution in [3.8, 4) is 22.9 Å². The summed E-state index contributed by atoms with van der Waals surface area (Å²) in [6, 6.07) is 17.6. The number of pyridine rings is 1.